The summed E-state index contributed by atoms with van der Waals surface area (Å²) >= 11 is 3.12. The van der Waals surface area contributed by atoms with Crippen molar-refractivity contribution >= 4 is 28.6 Å². The maximum absolute atomic E-state index is 11.3. The molecule has 0 saturated carbocycles. The second-order valence-electron chi connectivity index (χ2n) is 2.93. The van der Waals surface area contributed by atoms with E-state index in [0.717, 1.165) is 15.4 Å². The minimum atomic E-state index is -0.370. The highest BCUT2D eigenvalue weighted by molar-refractivity contribution is 7.15. The lowest BCUT2D eigenvalue weighted by atomic mass is 10.3. The molecule has 0 radical (unpaired) electrons. The van der Waals surface area contributed by atoms with Gasteiger partial charge in [0.25, 0.3) is 0 Å². The Kier molecular flexibility index (Phi) is 2.83. The zero-order valence-corrected chi connectivity index (χ0v) is 9.95. The molecule has 0 spiro atoms. The number of thiophene rings is 1. The molecule has 0 bridgehead atoms. The van der Waals surface area contributed by atoms with Crippen molar-refractivity contribution in [2.75, 3.05) is 7.11 Å². The molecule has 0 unspecified atom stereocenters. The van der Waals surface area contributed by atoms with Gasteiger partial charge < -0.3 is 4.74 Å². The molecule has 5 heteroatoms. The molecule has 78 valence electrons. The molecule has 0 atom stereocenters. The van der Waals surface area contributed by atoms with Gasteiger partial charge in [-0.05, 0) is 18.4 Å². The molecule has 0 N–H and O–H groups in total. The number of ether oxygens (including phenoxy) is 1. The third kappa shape index (κ3) is 1.93. The molecule has 0 aromatic carbocycles. The zero-order valence-electron chi connectivity index (χ0n) is 8.31. The van der Waals surface area contributed by atoms with E-state index in [9.17, 15) is 4.79 Å². The largest absolute Gasteiger partial charge is 0.464 e. The third-order valence-electron chi connectivity index (χ3n) is 1.94. The maximum atomic E-state index is 11.3. The van der Waals surface area contributed by atoms with Crippen LogP contribution in [0.2, 0.25) is 0 Å². The van der Waals surface area contributed by atoms with Gasteiger partial charge in [-0.2, -0.15) is 11.3 Å². The first-order valence-corrected chi connectivity index (χ1v) is 6.06. The number of hydrogen-bond donors (Lipinski definition) is 0. The number of nitrogens with zero attached hydrogens (tertiary/aromatic N) is 1. The van der Waals surface area contributed by atoms with Crippen LogP contribution >= 0.6 is 22.7 Å². The van der Waals surface area contributed by atoms with Crippen LogP contribution in [0.3, 0.4) is 0 Å². The van der Waals surface area contributed by atoms with Crippen LogP contribution in [0.25, 0.3) is 10.6 Å². The van der Waals surface area contributed by atoms with E-state index in [-0.39, 0.29) is 5.97 Å². The predicted octanol–water partition coefficient (Wildman–Crippen LogP) is 2.97. The molecule has 2 aromatic heterocycles. The molecule has 3 nitrogen and oxygen atoms in total. The fourth-order valence-corrected chi connectivity index (χ4v) is 2.80. The average Bonchev–Trinajstić information content (AvgIpc) is 2.84. The van der Waals surface area contributed by atoms with E-state index in [0.29, 0.717) is 5.69 Å². The minimum Gasteiger partial charge on any atom is -0.464 e. The van der Waals surface area contributed by atoms with Gasteiger partial charge in [-0.3, -0.25) is 0 Å². The topological polar surface area (TPSA) is 39.2 Å². The van der Waals surface area contributed by atoms with Gasteiger partial charge in [-0.1, -0.05) is 0 Å². The summed E-state index contributed by atoms with van der Waals surface area (Å²) in [5.41, 5.74) is 1.48. The van der Waals surface area contributed by atoms with E-state index >= 15 is 0 Å². The van der Waals surface area contributed by atoms with E-state index in [4.69, 9.17) is 0 Å². The second kappa shape index (κ2) is 4.12. The minimum absolute atomic E-state index is 0.370. The van der Waals surface area contributed by atoms with Crippen molar-refractivity contribution in [1.82, 2.24) is 4.98 Å². The van der Waals surface area contributed by atoms with Gasteiger partial charge in [0.15, 0.2) is 5.69 Å². The van der Waals surface area contributed by atoms with Crippen LogP contribution in [0.15, 0.2) is 16.8 Å². The Morgan fingerprint density at radius 2 is 2.33 bits per heavy atom. The highest BCUT2D eigenvalue weighted by Gasteiger charge is 2.16. The molecular weight excluding hydrogens is 230 g/mol. The summed E-state index contributed by atoms with van der Waals surface area (Å²) in [5.74, 6) is -0.370. The fourth-order valence-electron chi connectivity index (χ4n) is 1.19. The van der Waals surface area contributed by atoms with Crippen molar-refractivity contribution in [1.29, 1.82) is 0 Å². The zero-order chi connectivity index (χ0) is 10.8. The first-order chi connectivity index (χ1) is 7.22. The Balaban J connectivity index is 2.41. The Hall–Kier alpha value is -1.20. The number of carbonyl (C=O) groups is 1. The predicted molar refractivity (Wildman–Crippen MR) is 61.5 cm³/mol. The van der Waals surface area contributed by atoms with Gasteiger partial charge in [0.1, 0.15) is 5.01 Å². The summed E-state index contributed by atoms with van der Waals surface area (Å²) in [6, 6.07) is 1.99. The van der Waals surface area contributed by atoms with E-state index in [1.54, 1.807) is 11.3 Å². The van der Waals surface area contributed by atoms with Crippen LogP contribution in [-0.4, -0.2) is 18.1 Å². The number of carbonyl (C=O) groups excluding carboxylic acids is 1. The molecule has 15 heavy (non-hydrogen) atoms. The molecule has 0 aliphatic rings. The van der Waals surface area contributed by atoms with Crippen molar-refractivity contribution in [2.45, 2.75) is 6.92 Å². The van der Waals surface area contributed by atoms with Crippen LogP contribution in [0.5, 0.6) is 0 Å². The van der Waals surface area contributed by atoms with Crippen molar-refractivity contribution in [2.24, 2.45) is 0 Å². The first kappa shape index (κ1) is 10.3. The van der Waals surface area contributed by atoms with Crippen molar-refractivity contribution in [3.05, 3.63) is 27.4 Å². The molecule has 0 amide bonds. The van der Waals surface area contributed by atoms with Gasteiger partial charge in [-0.25, -0.2) is 9.78 Å². The molecule has 2 heterocycles. The maximum Gasteiger partial charge on any atom is 0.357 e. The lowest BCUT2D eigenvalue weighted by Gasteiger charge is -1.93. The van der Waals surface area contributed by atoms with Crippen LogP contribution in [0.1, 0.15) is 15.4 Å². The number of esters is 1. The van der Waals surface area contributed by atoms with Crippen LogP contribution in [0.4, 0.5) is 0 Å². The van der Waals surface area contributed by atoms with E-state index in [1.165, 1.54) is 18.4 Å². The van der Waals surface area contributed by atoms with Gasteiger partial charge in [-0.15, -0.1) is 11.3 Å². The molecular formula is C10H9NO2S2. The lowest BCUT2D eigenvalue weighted by Crippen LogP contribution is -2.02. The molecule has 2 rings (SSSR count). The van der Waals surface area contributed by atoms with Crippen LogP contribution in [-0.2, 0) is 4.74 Å². The fraction of sp³-hybridized carbons (Fsp3) is 0.200. The quantitative estimate of drug-likeness (QED) is 0.756. The van der Waals surface area contributed by atoms with Gasteiger partial charge >= 0.3 is 5.97 Å². The number of thiazole rings is 1. The summed E-state index contributed by atoms with van der Waals surface area (Å²) in [5, 5.41) is 4.87. The highest BCUT2D eigenvalue weighted by atomic mass is 32.1. The Bertz CT molecular complexity index is 474. The molecule has 0 aliphatic carbocycles. The summed E-state index contributed by atoms with van der Waals surface area (Å²) < 4.78 is 4.66. The number of hydrogen-bond acceptors (Lipinski definition) is 5. The van der Waals surface area contributed by atoms with Gasteiger partial charge in [0.2, 0.25) is 0 Å². The number of methoxy groups -OCH3 is 1. The van der Waals surface area contributed by atoms with Crippen molar-refractivity contribution in [3.8, 4) is 10.6 Å². The SMILES string of the molecule is COC(=O)c1nc(-c2ccsc2)sc1C. The molecule has 0 fully saturated rings. The lowest BCUT2D eigenvalue weighted by molar-refractivity contribution is 0.0594. The highest BCUT2D eigenvalue weighted by Crippen LogP contribution is 2.29. The summed E-state index contributed by atoms with van der Waals surface area (Å²) in [4.78, 5) is 16.5. The summed E-state index contributed by atoms with van der Waals surface area (Å²) in [7, 11) is 1.37. The monoisotopic (exact) mass is 239 g/mol. The van der Waals surface area contributed by atoms with Crippen LogP contribution in [0, 0.1) is 6.92 Å². The Morgan fingerprint density at radius 1 is 1.53 bits per heavy atom. The van der Waals surface area contributed by atoms with Crippen molar-refractivity contribution in [3.63, 3.8) is 0 Å². The third-order valence-corrected chi connectivity index (χ3v) is 3.65. The van der Waals surface area contributed by atoms with Gasteiger partial charge in [0, 0.05) is 15.8 Å². The normalized spacial score (nSPS) is 10.3. The Labute approximate surface area is 95.4 Å². The molecule has 0 saturated heterocycles. The van der Waals surface area contributed by atoms with Crippen molar-refractivity contribution < 1.29 is 9.53 Å². The van der Waals surface area contributed by atoms with E-state index in [2.05, 4.69) is 9.72 Å². The molecule has 0 aliphatic heterocycles. The standard InChI is InChI=1S/C10H9NO2S2/c1-6-8(10(12)13-2)11-9(15-6)7-3-4-14-5-7/h3-5H,1-2H3. The summed E-state index contributed by atoms with van der Waals surface area (Å²) in [6.07, 6.45) is 0. The Morgan fingerprint density at radius 3 is 2.93 bits per heavy atom. The van der Waals surface area contributed by atoms with Crippen LogP contribution < -0.4 is 0 Å². The van der Waals surface area contributed by atoms with Gasteiger partial charge in [0.05, 0.1) is 7.11 Å². The number of rotatable bonds is 2. The smallest absolute Gasteiger partial charge is 0.357 e. The second-order valence-corrected chi connectivity index (χ2v) is 4.91. The first-order valence-electron chi connectivity index (χ1n) is 4.30. The van der Waals surface area contributed by atoms with E-state index < -0.39 is 0 Å². The average molecular weight is 239 g/mol. The number of aromatic nitrogens is 1. The molecule has 2 aromatic rings. The number of aryl methyl sites for hydroxylation is 1. The summed E-state index contributed by atoms with van der Waals surface area (Å²) in [6.45, 7) is 1.87. The van der Waals surface area contributed by atoms with E-state index in [1.807, 2.05) is 23.8 Å².